The first kappa shape index (κ1) is 20.0. The maximum atomic E-state index is 13.1. The van der Waals surface area contributed by atoms with Gasteiger partial charge in [-0.2, -0.15) is 5.10 Å². The van der Waals surface area contributed by atoms with E-state index in [9.17, 15) is 4.79 Å². The van der Waals surface area contributed by atoms with Gasteiger partial charge in [-0.15, -0.1) is 0 Å². The van der Waals surface area contributed by atoms with E-state index in [1.807, 2.05) is 66.7 Å². The van der Waals surface area contributed by atoms with Gasteiger partial charge in [-0.3, -0.25) is 4.79 Å². The third-order valence-electron chi connectivity index (χ3n) is 5.49. The van der Waals surface area contributed by atoms with Crippen LogP contribution in [0.5, 0.6) is 0 Å². The van der Waals surface area contributed by atoms with Crippen LogP contribution in [0.1, 0.15) is 21.6 Å². The number of carbonyl (C=O) groups excluding carboxylic acids is 1. The average molecular weight is 425 g/mol. The number of rotatable bonds is 5. The number of hydrogen-bond acceptors (Lipinski definition) is 5. The van der Waals surface area contributed by atoms with Crippen LogP contribution in [0.4, 0.5) is 11.4 Å². The van der Waals surface area contributed by atoms with Crippen molar-refractivity contribution in [1.29, 1.82) is 0 Å². The standard InChI is InChI=1S/C25H24N6O/c32-25(29-21-8-4-5-9-23(21)30-16-13-26-14-17-30)22-12-15-31-24(28-22)20(18-27-31)11-10-19-6-2-1-3-7-19/h1-12,15,18,26H,13-14,16-17H2,(H,29,32)/b11-10+. The molecule has 3 heterocycles. The first-order valence-electron chi connectivity index (χ1n) is 10.7. The molecule has 0 unspecified atom stereocenters. The number of nitrogens with one attached hydrogen (secondary N) is 2. The zero-order valence-corrected chi connectivity index (χ0v) is 17.6. The topological polar surface area (TPSA) is 74.6 Å². The second-order valence-corrected chi connectivity index (χ2v) is 7.63. The highest BCUT2D eigenvalue weighted by Gasteiger charge is 2.17. The third kappa shape index (κ3) is 4.24. The van der Waals surface area contributed by atoms with Gasteiger partial charge in [0.1, 0.15) is 5.69 Å². The maximum absolute atomic E-state index is 13.1. The van der Waals surface area contributed by atoms with Crippen LogP contribution >= 0.6 is 0 Å². The van der Waals surface area contributed by atoms with Gasteiger partial charge in [0, 0.05) is 37.9 Å². The van der Waals surface area contributed by atoms with Crippen molar-refractivity contribution in [3.8, 4) is 0 Å². The van der Waals surface area contributed by atoms with E-state index in [4.69, 9.17) is 0 Å². The molecule has 2 aromatic carbocycles. The van der Waals surface area contributed by atoms with Gasteiger partial charge in [0.05, 0.1) is 17.6 Å². The predicted molar refractivity (Wildman–Crippen MR) is 128 cm³/mol. The molecule has 0 radical (unpaired) electrons. The summed E-state index contributed by atoms with van der Waals surface area (Å²) in [5.41, 5.74) is 4.75. The summed E-state index contributed by atoms with van der Waals surface area (Å²) in [6.45, 7) is 3.68. The average Bonchev–Trinajstić information content (AvgIpc) is 3.26. The lowest BCUT2D eigenvalue weighted by atomic mass is 10.2. The van der Waals surface area contributed by atoms with E-state index < -0.39 is 0 Å². The number of aromatic nitrogens is 3. The van der Waals surface area contributed by atoms with Gasteiger partial charge in [0.2, 0.25) is 0 Å². The van der Waals surface area contributed by atoms with Crippen molar-refractivity contribution in [3.05, 3.63) is 89.9 Å². The fourth-order valence-electron chi connectivity index (χ4n) is 3.83. The first-order chi connectivity index (χ1) is 15.8. The Morgan fingerprint density at radius 3 is 2.59 bits per heavy atom. The Morgan fingerprint density at radius 1 is 0.969 bits per heavy atom. The largest absolute Gasteiger partial charge is 0.367 e. The van der Waals surface area contributed by atoms with Crippen LogP contribution in [-0.4, -0.2) is 46.7 Å². The van der Waals surface area contributed by atoms with Crippen molar-refractivity contribution in [2.45, 2.75) is 0 Å². The molecular formula is C25H24N6O. The summed E-state index contributed by atoms with van der Waals surface area (Å²) in [6, 6.07) is 19.6. The quantitative estimate of drug-likeness (QED) is 0.512. The Hall–Kier alpha value is -3.97. The van der Waals surface area contributed by atoms with Crippen LogP contribution in [-0.2, 0) is 0 Å². The Morgan fingerprint density at radius 2 is 1.75 bits per heavy atom. The molecule has 0 saturated carbocycles. The van der Waals surface area contributed by atoms with Crippen LogP contribution in [0, 0.1) is 0 Å². The zero-order valence-electron chi connectivity index (χ0n) is 17.6. The van der Waals surface area contributed by atoms with E-state index in [-0.39, 0.29) is 5.91 Å². The molecule has 0 bridgehead atoms. The minimum atomic E-state index is -0.241. The first-order valence-corrected chi connectivity index (χ1v) is 10.7. The van der Waals surface area contributed by atoms with E-state index in [1.54, 1.807) is 23.0 Å². The SMILES string of the molecule is O=C(Nc1ccccc1N1CCNCC1)c1ccn2ncc(/C=C/c3ccccc3)c2n1. The highest BCUT2D eigenvalue weighted by molar-refractivity contribution is 6.05. The Kier molecular flexibility index (Phi) is 5.63. The molecule has 2 aromatic heterocycles. The molecule has 0 spiro atoms. The van der Waals surface area contributed by atoms with Crippen molar-refractivity contribution in [3.63, 3.8) is 0 Å². The number of anilines is 2. The van der Waals surface area contributed by atoms with E-state index in [2.05, 4.69) is 25.6 Å². The molecular weight excluding hydrogens is 400 g/mol. The van der Waals surface area contributed by atoms with Crippen LogP contribution in [0.3, 0.4) is 0 Å². The molecule has 4 aromatic rings. The summed E-state index contributed by atoms with van der Waals surface area (Å²) < 4.78 is 1.68. The lowest BCUT2D eigenvalue weighted by molar-refractivity contribution is 0.102. The van der Waals surface area contributed by atoms with E-state index >= 15 is 0 Å². The Balaban J connectivity index is 1.39. The minimum absolute atomic E-state index is 0.241. The summed E-state index contributed by atoms with van der Waals surface area (Å²) in [4.78, 5) is 19.9. The number of hydrogen-bond donors (Lipinski definition) is 2. The van der Waals surface area contributed by atoms with Crippen molar-refractivity contribution in [1.82, 2.24) is 19.9 Å². The fourth-order valence-corrected chi connectivity index (χ4v) is 3.83. The molecule has 1 amide bonds. The molecule has 2 N–H and O–H groups in total. The second kappa shape index (κ2) is 9.03. The summed E-state index contributed by atoms with van der Waals surface area (Å²) >= 11 is 0. The monoisotopic (exact) mass is 424 g/mol. The van der Waals surface area contributed by atoms with Crippen molar-refractivity contribution >= 4 is 35.1 Å². The molecule has 5 rings (SSSR count). The molecule has 160 valence electrons. The maximum Gasteiger partial charge on any atom is 0.274 e. The third-order valence-corrected chi connectivity index (χ3v) is 5.49. The summed E-state index contributed by atoms with van der Waals surface area (Å²) in [7, 11) is 0. The van der Waals surface area contributed by atoms with Crippen LogP contribution in [0.25, 0.3) is 17.8 Å². The smallest absolute Gasteiger partial charge is 0.274 e. The summed E-state index contributed by atoms with van der Waals surface area (Å²) in [6.07, 6.45) is 7.49. The van der Waals surface area contributed by atoms with Crippen molar-refractivity contribution in [2.75, 3.05) is 36.4 Å². The van der Waals surface area contributed by atoms with Gasteiger partial charge in [0.15, 0.2) is 5.65 Å². The predicted octanol–water partition coefficient (Wildman–Crippen LogP) is 3.56. The number of para-hydroxylation sites is 2. The van der Waals surface area contributed by atoms with Gasteiger partial charge in [-0.1, -0.05) is 48.5 Å². The number of nitrogens with zero attached hydrogens (tertiary/aromatic N) is 4. The van der Waals surface area contributed by atoms with Crippen molar-refractivity contribution in [2.24, 2.45) is 0 Å². The Labute approximate surface area is 186 Å². The van der Waals surface area contributed by atoms with E-state index in [1.165, 1.54) is 0 Å². The van der Waals surface area contributed by atoms with Crippen LogP contribution in [0.15, 0.2) is 73.1 Å². The minimum Gasteiger partial charge on any atom is -0.367 e. The van der Waals surface area contributed by atoms with Gasteiger partial charge in [-0.05, 0) is 29.8 Å². The lowest BCUT2D eigenvalue weighted by Gasteiger charge is -2.31. The molecule has 1 fully saturated rings. The van der Waals surface area contributed by atoms with Gasteiger partial charge in [-0.25, -0.2) is 9.50 Å². The molecule has 1 saturated heterocycles. The van der Waals surface area contributed by atoms with Crippen molar-refractivity contribution < 1.29 is 4.79 Å². The number of piperazine rings is 1. The molecule has 32 heavy (non-hydrogen) atoms. The fraction of sp³-hybridized carbons (Fsp3) is 0.160. The summed E-state index contributed by atoms with van der Waals surface area (Å²) in [5.74, 6) is -0.241. The summed E-state index contributed by atoms with van der Waals surface area (Å²) in [5, 5.41) is 10.8. The Bertz CT molecular complexity index is 1260. The van der Waals surface area contributed by atoms with Gasteiger partial charge < -0.3 is 15.5 Å². The van der Waals surface area contributed by atoms with Gasteiger partial charge >= 0.3 is 0 Å². The lowest BCUT2D eigenvalue weighted by Crippen LogP contribution is -2.43. The number of benzene rings is 2. The van der Waals surface area contributed by atoms with E-state index in [0.717, 1.165) is 48.7 Å². The highest BCUT2D eigenvalue weighted by Crippen LogP contribution is 2.26. The molecule has 1 aliphatic rings. The van der Waals surface area contributed by atoms with Gasteiger partial charge in [0.25, 0.3) is 5.91 Å². The number of carbonyl (C=O) groups is 1. The number of amides is 1. The molecule has 7 nitrogen and oxygen atoms in total. The normalized spacial score (nSPS) is 14.2. The zero-order chi connectivity index (χ0) is 21.8. The second-order valence-electron chi connectivity index (χ2n) is 7.63. The van der Waals surface area contributed by atoms with Crippen LogP contribution < -0.4 is 15.5 Å². The molecule has 0 aliphatic carbocycles. The number of fused-ring (bicyclic) bond motifs is 1. The van der Waals surface area contributed by atoms with Crippen LogP contribution in [0.2, 0.25) is 0 Å². The highest BCUT2D eigenvalue weighted by atomic mass is 16.1. The molecule has 7 heteroatoms. The molecule has 0 atom stereocenters. The van der Waals surface area contributed by atoms with E-state index in [0.29, 0.717) is 11.3 Å². The molecule has 1 aliphatic heterocycles.